The van der Waals surface area contributed by atoms with Gasteiger partial charge in [-0.05, 0) is 50.5 Å². The monoisotopic (exact) mass is 407 g/mol. The van der Waals surface area contributed by atoms with E-state index in [0.29, 0.717) is 12.6 Å². The first kappa shape index (κ1) is 19.6. The van der Waals surface area contributed by atoms with Crippen molar-refractivity contribution in [2.45, 2.75) is 50.6 Å². The molecule has 2 fully saturated rings. The molecule has 0 spiro atoms. The summed E-state index contributed by atoms with van der Waals surface area (Å²) in [5, 5.41) is 10.5. The highest BCUT2D eigenvalue weighted by molar-refractivity contribution is 7.89. The van der Waals surface area contributed by atoms with Crippen molar-refractivity contribution in [3.05, 3.63) is 18.6 Å². The molecule has 2 aromatic heterocycles. The second-order valence-corrected chi connectivity index (χ2v) is 10.1. The fourth-order valence-electron chi connectivity index (χ4n) is 4.76. The van der Waals surface area contributed by atoms with Crippen molar-refractivity contribution in [3.8, 4) is 0 Å². The van der Waals surface area contributed by atoms with E-state index in [0.717, 1.165) is 55.4 Å². The summed E-state index contributed by atoms with van der Waals surface area (Å²) in [6.45, 7) is 0.468. The molecule has 1 atom stereocenters. The van der Waals surface area contributed by atoms with Gasteiger partial charge in [-0.25, -0.2) is 18.4 Å². The molecule has 1 saturated heterocycles. The molecule has 2 N–H and O–H groups in total. The number of H-pyrrole nitrogens is 1. The third kappa shape index (κ3) is 3.75. The molecule has 154 valence electrons. The van der Waals surface area contributed by atoms with Crippen LogP contribution in [0, 0.1) is 5.92 Å². The van der Waals surface area contributed by atoms with Gasteiger partial charge in [-0.1, -0.05) is 0 Å². The molecule has 0 amide bonds. The minimum absolute atomic E-state index is 0.0800. The summed E-state index contributed by atoms with van der Waals surface area (Å²) >= 11 is 0. The molecule has 1 aliphatic heterocycles. The van der Waals surface area contributed by atoms with Crippen molar-refractivity contribution in [2.75, 3.05) is 30.9 Å². The van der Waals surface area contributed by atoms with Crippen molar-refractivity contribution in [3.63, 3.8) is 0 Å². The Balaban J connectivity index is 1.37. The zero-order chi connectivity index (χ0) is 19.7. The third-order valence-electron chi connectivity index (χ3n) is 6.37. The Bertz CT molecular complexity index is 907. The molecule has 9 heteroatoms. The van der Waals surface area contributed by atoms with Gasteiger partial charge in [0.1, 0.15) is 17.8 Å². The molecule has 2 aliphatic rings. The topological polar surface area (TPSA) is 102 Å². The van der Waals surface area contributed by atoms with Gasteiger partial charge in [0.15, 0.2) is 0 Å². The van der Waals surface area contributed by atoms with E-state index in [2.05, 4.69) is 26.9 Å². The maximum atomic E-state index is 12.8. The van der Waals surface area contributed by atoms with Crippen LogP contribution in [0.25, 0.3) is 11.0 Å². The zero-order valence-electron chi connectivity index (χ0n) is 16.3. The number of fused-ring (bicyclic) bond motifs is 1. The van der Waals surface area contributed by atoms with Crippen molar-refractivity contribution >= 4 is 26.9 Å². The first-order valence-electron chi connectivity index (χ1n) is 10.1. The number of rotatable bonds is 6. The number of anilines is 1. The van der Waals surface area contributed by atoms with E-state index in [1.165, 1.54) is 4.31 Å². The second-order valence-electron chi connectivity index (χ2n) is 8.09. The van der Waals surface area contributed by atoms with Gasteiger partial charge in [0.05, 0.1) is 17.7 Å². The van der Waals surface area contributed by atoms with E-state index in [-0.39, 0.29) is 24.3 Å². The average Bonchev–Trinajstić information content (AvgIpc) is 3.36. The maximum Gasteiger partial charge on any atom is 0.214 e. The minimum atomic E-state index is -3.30. The molecule has 2 aromatic rings. The molecule has 8 nitrogen and oxygen atoms in total. The Morgan fingerprint density at radius 2 is 2.04 bits per heavy atom. The van der Waals surface area contributed by atoms with Gasteiger partial charge >= 0.3 is 0 Å². The van der Waals surface area contributed by atoms with Gasteiger partial charge in [-0.3, -0.25) is 0 Å². The lowest BCUT2D eigenvalue weighted by Crippen LogP contribution is -2.42. The second kappa shape index (κ2) is 7.96. The van der Waals surface area contributed by atoms with Gasteiger partial charge in [0.25, 0.3) is 0 Å². The smallest absolute Gasteiger partial charge is 0.214 e. The fourth-order valence-corrected chi connectivity index (χ4v) is 6.92. The average molecular weight is 408 g/mol. The summed E-state index contributed by atoms with van der Waals surface area (Å²) in [6, 6.07) is 2.12. The maximum absolute atomic E-state index is 12.8. The van der Waals surface area contributed by atoms with Crippen molar-refractivity contribution in [2.24, 2.45) is 5.92 Å². The molecule has 1 aliphatic carbocycles. The first-order valence-corrected chi connectivity index (χ1v) is 11.7. The van der Waals surface area contributed by atoms with E-state index in [9.17, 15) is 13.5 Å². The number of nitrogens with one attached hydrogen (secondary N) is 1. The van der Waals surface area contributed by atoms with E-state index in [4.69, 9.17) is 0 Å². The Morgan fingerprint density at radius 3 is 2.79 bits per heavy atom. The molecular formula is C19H29N5O3S. The number of aromatic amines is 1. The van der Waals surface area contributed by atoms with Gasteiger partial charge in [-0.15, -0.1) is 0 Å². The third-order valence-corrected chi connectivity index (χ3v) is 8.46. The number of aliphatic hydroxyl groups excluding tert-OH is 1. The number of aromatic nitrogens is 3. The summed E-state index contributed by atoms with van der Waals surface area (Å²) in [5.74, 6) is 1.31. The van der Waals surface area contributed by atoms with Crippen LogP contribution in [0.3, 0.4) is 0 Å². The highest BCUT2D eigenvalue weighted by Crippen LogP contribution is 2.33. The van der Waals surface area contributed by atoms with Crippen molar-refractivity contribution < 1.29 is 13.5 Å². The lowest BCUT2D eigenvalue weighted by molar-refractivity contribution is 0.212. The predicted octanol–water partition coefficient (Wildman–Crippen LogP) is 1.74. The SMILES string of the molecule is CN(c1ncnc2[nH]ccc12)C1CCC(CS(=O)(=O)N2CCCC2CO)CC1. The highest BCUT2D eigenvalue weighted by atomic mass is 32.2. The predicted molar refractivity (Wildman–Crippen MR) is 109 cm³/mol. The van der Waals surface area contributed by atoms with Gasteiger partial charge < -0.3 is 15.0 Å². The van der Waals surface area contributed by atoms with Crippen LogP contribution in [0.2, 0.25) is 0 Å². The van der Waals surface area contributed by atoms with Crippen LogP contribution in [0.1, 0.15) is 38.5 Å². The quantitative estimate of drug-likeness (QED) is 0.756. The molecule has 4 rings (SSSR count). The number of sulfonamides is 1. The van der Waals surface area contributed by atoms with Crippen LogP contribution in [0.4, 0.5) is 5.82 Å². The Labute approximate surface area is 166 Å². The van der Waals surface area contributed by atoms with Crippen LogP contribution >= 0.6 is 0 Å². The van der Waals surface area contributed by atoms with E-state index in [1.807, 2.05) is 12.3 Å². The van der Waals surface area contributed by atoms with Gasteiger partial charge in [-0.2, -0.15) is 4.31 Å². The summed E-state index contributed by atoms with van der Waals surface area (Å²) in [6.07, 6.45) is 8.76. The van der Waals surface area contributed by atoms with Crippen LogP contribution in [-0.2, 0) is 10.0 Å². The number of hydrogen-bond donors (Lipinski definition) is 2. The van der Waals surface area contributed by atoms with E-state index >= 15 is 0 Å². The highest BCUT2D eigenvalue weighted by Gasteiger charge is 2.36. The summed E-state index contributed by atoms with van der Waals surface area (Å²) in [5.41, 5.74) is 0.834. The first-order chi connectivity index (χ1) is 13.5. The lowest BCUT2D eigenvalue weighted by Gasteiger charge is -2.36. The molecular weight excluding hydrogens is 378 g/mol. The fraction of sp³-hybridized carbons (Fsp3) is 0.684. The van der Waals surface area contributed by atoms with E-state index < -0.39 is 10.0 Å². The lowest BCUT2D eigenvalue weighted by atomic mass is 9.86. The summed E-state index contributed by atoms with van der Waals surface area (Å²) in [7, 11) is -1.24. The molecule has 0 aromatic carbocycles. The number of nitrogens with zero attached hydrogens (tertiary/aromatic N) is 4. The molecule has 3 heterocycles. The summed E-state index contributed by atoms with van der Waals surface area (Å²) < 4.78 is 27.2. The Hall–Kier alpha value is -1.71. The molecule has 0 bridgehead atoms. The molecule has 28 heavy (non-hydrogen) atoms. The molecule has 0 radical (unpaired) electrons. The Kier molecular flexibility index (Phi) is 5.57. The summed E-state index contributed by atoms with van der Waals surface area (Å²) in [4.78, 5) is 14.1. The number of aliphatic hydroxyl groups is 1. The van der Waals surface area contributed by atoms with Crippen molar-refractivity contribution in [1.82, 2.24) is 19.3 Å². The van der Waals surface area contributed by atoms with Crippen LogP contribution in [0.5, 0.6) is 0 Å². The zero-order valence-corrected chi connectivity index (χ0v) is 17.1. The van der Waals surface area contributed by atoms with Gasteiger partial charge in [0.2, 0.25) is 10.0 Å². The van der Waals surface area contributed by atoms with Crippen molar-refractivity contribution in [1.29, 1.82) is 0 Å². The van der Waals surface area contributed by atoms with E-state index in [1.54, 1.807) is 6.33 Å². The Morgan fingerprint density at radius 1 is 1.25 bits per heavy atom. The molecule has 1 saturated carbocycles. The molecule has 1 unspecified atom stereocenters. The normalized spacial score (nSPS) is 26.7. The van der Waals surface area contributed by atoms with Crippen LogP contribution in [-0.4, -0.2) is 70.8 Å². The standard InChI is InChI=1S/C19H29N5O3S/c1-23(19-17-8-9-20-18(17)21-13-22-19)15-6-4-14(5-7-15)12-28(26,27)24-10-2-3-16(24)11-25/h8-9,13-16,25H,2-7,10-12H2,1H3,(H,20,21,22). The number of hydrogen-bond acceptors (Lipinski definition) is 6. The largest absolute Gasteiger partial charge is 0.395 e. The van der Waals surface area contributed by atoms with Crippen LogP contribution < -0.4 is 4.90 Å². The van der Waals surface area contributed by atoms with Crippen LogP contribution in [0.15, 0.2) is 18.6 Å². The van der Waals surface area contributed by atoms with Gasteiger partial charge in [0, 0.05) is 31.9 Å². The minimum Gasteiger partial charge on any atom is -0.395 e.